The molecule has 0 fully saturated rings. The Labute approximate surface area is 218 Å². The van der Waals surface area contributed by atoms with E-state index in [1.165, 1.54) is 24.3 Å². The van der Waals surface area contributed by atoms with Crippen molar-refractivity contribution in [1.29, 1.82) is 0 Å². The lowest BCUT2D eigenvalue weighted by atomic mass is 10.1. The number of hydrogen-bond donors (Lipinski definition) is 3. The molecule has 0 spiro atoms. The third-order valence-corrected chi connectivity index (χ3v) is 5.36. The van der Waals surface area contributed by atoms with Gasteiger partial charge in [-0.1, -0.05) is 19.9 Å². The molecule has 0 heterocycles. The van der Waals surface area contributed by atoms with Crippen molar-refractivity contribution in [2.75, 3.05) is 17.2 Å². The van der Waals surface area contributed by atoms with Crippen LogP contribution in [0.25, 0.3) is 0 Å². The van der Waals surface area contributed by atoms with Crippen molar-refractivity contribution in [2.45, 2.75) is 26.4 Å². The summed E-state index contributed by atoms with van der Waals surface area (Å²) in [5, 5.41) is 7.93. The second kappa shape index (κ2) is 12.4. The van der Waals surface area contributed by atoms with Crippen LogP contribution in [-0.2, 0) is 6.18 Å². The quantitative estimate of drug-likeness (QED) is 0.290. The zero-order valence-corrected chi connectivity index (χ0v) is 21.0. The number of benzene rings is 3. The van der Waals surface area contributed by atoms with Crippen molar-refractivity contribution < 1.29 is 27.5 Å². The monoisotopic (exact) mass is 529 g/mol. The molecule has 3 aromatic carbocycles. The number of halogens is 3. The van der Waals surface area contributed by atoms with E-state index >= 15 is 0 Å². The number of thiocarbonyl (C=S) groups is 1. The molecule has 0 aromatic heterocycles. The average Bonchev–Trinajstić information content (AvgIpc) is 2.84. The van der Waals surface area contributed by atoms with Crippen LogP contribution in [0.15, 0.2) is 72.8 Å². The van der Waals surface area contributed by atoms with E-state index in [1.54, 1.807) is 36.4 Å². The van der Waals surface area contributed by atoms with Crippen molar-refractivity contribution in [3.8, 4) is 5.75 Å². The number of carbonyl (C=O) groups excluding carboxylic acids is 2. The second-order valence-electron chi connectivity index (χ2n) is 8.57. The van der Waals surface area contributed by atoms with Crippen LogP contribution in [0.5, 0.6) is 5.75 Å². The fraction of sp³-hybridized carbons (Fsp3) is 0.222. The van der Waals surface area contributed by atoms with E-state index in [-0.39, 0.29) is 16.4 Å². The third-order valence-electron chi connectivity index (χ3n) is 5.16. The van der Waals surface area contributed by atoms with E-state index in [2.05, 4.69) is 29.8 Å². The Balaban J connectivity index is 1.51. The molecule has 0 bridgehead atoms. The molecular formula is C27H26F3N3O3S. The van der Waals surface area contributed by atoms with E-state index < -0.39 is 23.6 Å². The van der Waals surface area contributed by atoms with E-state index in [1.807, 2.05) is 0 Å². The van der Waals surface area contributed by atoms with Gasteiger partial charge in [-0.3, -0.25) is 14.9 Å². The molecule has 0 saturated carbocycles. The molecule has 0 saturated heterocycles. The minimum absolute atomic E-state index is 0.0288. The first-order valence-corrected chi connectivity index (χ1v) is 11.9. The summed E-state index contributed by atoms with van der Waals surface area (Å²) < 4.78 is 44.3. The fourth-order valence-corrected chi connectivity index (χ4v) is 3.34. The molecule has 2 amide bonds. The van der Waals surface area contributed by atoms with E-state index in [0.717, 1.165) is 18.6 Å². The van der Waals surface area contributed by atoms with Gasteiger partial charge in [0, 0.05) is 22.5 Å². The molecule has 0 aliphatic heterocycles. The molecule has 0 atom stereocenters. The van der Waals surface area contributed by atoms with Crippen LogP contribution in [0, 0.1) is 5.92 Å². The standard InChI is InChI=1S/C27H26F3N3O3S/c1-17(2)14-15-36-23-12-8-19(9-13-23)25(35)33-26(37)32-21-10-6-18(7-11-21)24(34)31-22-5-3-4-20(16-22)27(28,29)30/h3-13,16-17H,14-15H2,1-2H3,(H,31,34)(H2,32,33,35,37). The number of hydrogen-bond acceptors (Lipinski definition) is 4. The molecule has 3 N–H and O–H groups in total. The highest BCUT2D eigenvalue weighted by atomic mass is 32.1. The summed E-state index contributed by atoms with van der Waals surface area (Å²) in [4.78, 5) is 24.9. The van der Waals surface area contributed by atoms with Crippen molar-refractivity contribution >= 4 is 40.5 Å². The Kier molecular flexibility index (Phi) is 9.24. The molecule has 0 unspecified atom stereocenters. The number of anilines is 2. The van der Waals surface area contributed by atoms with Gasteiger partial charge >= 0.3 is 6.18 Å². The predicted octanol–water partition coefficient (Wildman–Crippen LogP) is 6.51. The maximum atomic E-state index is 12.9. The highest BCUT2D eigenvalue weighted by Crippen LogP contribution is 2.30. The minimum atomic E-state index is -4.51. The van der Waals surface area contributed by atoms with Gasteiger partial charge < -0.3 is 15.4 Å². The first-order valence-electron chi connectivity index (χ1n) is 11.4. The molecule has 3 rings (SSSR count). The Bertz CT molecular complexity index is 1240. The van der Waals surface area contributed by atoms with Crippen LogP contribution in [0.4, 0.5) is 24.5 Å². The highest BCUT2D eigenvalue weighted by molar-refractivity contribution is 7.80. The molecule has 0 aliphatic carbocycles. The molecular weight excluding hydrogens is 503 g/mol. The van der Waals surface area contributed by atoms with Crippen molar-refractivity contribution in [1.82, 2.24) is 5.32 Å². The smallest absolute Gasteiger partial charge is 0.416 e. The largest absolute Gasteiger partial charge is 0.494 e. The van der Waals surface area contributed by atoms with Gasteiger partial charge in [-0.25, -0.2) is 0 Å². The zero-order valence-electron chi connectivity index (χ0n) is 20.2. The Morgan fingerprint density at radius 1 is 0.865 bits per heavy atom. The van der Waals surface area contributed by atoms with Crippen molar-refractivity contribution in [3.63, 3.8) is 0 Å². The maximum Gasteiger partial charge on any atom is 0.416 e. The number of alkyl halides is 3. The van der Waals surface area contributed by atoms with Gasteiger partial charge in [-0.2, -0.15) is 13.2 Å². The molecule has 194 valence electrons. The van der Waals surface area contributed by atoms with E-state index in [9.17, 15) is 22.8 Å². The van der Waals surface area contributed by atoms with E-state index in [4.69, 9.17) is 17.0 Å². The zero-order chi connectivity index (χ0) is 27.0. The summed E-state index contributed by atoms with van der Waals surface area (Å²) in [6.07, 6.45) is -3.57. The topological polar surface area (TPSA) is 79.5 Å². The van der Waals surface area contributed by atoms with Gasteiger partial charge in [0.15, 0.2) is 5.11 Å². The van der Waals surface area contributed by atoms with E-state index in [0.29, 0.717) is 29.5 Å². The summed E-state index contributed by atoms with van der Waals surface area (Å²) in [6.45, 7) is 4.83. The molecule has 0 radical (unpaired) electrons. The Morgan fingerprint density at radius 2 is 1.49 bits per heavy atom. The van der Waals surface area contributed by atoms with Crippen LogP contribution < -0.4 is 20.7 Å². The minimum Gasteiger partial charge on any atom is -0.494 e. The van der Waals surface area contributed by atoms with Crippen molar-refractivity contribution in [3.05, 3.63) is 89.5 Å². The lowest BCUT2D eigenvalue weighted by Crippen LogP contribution is -2.34. The fourth-order valence-electron chi connectivity index (χ4n) is 3.13. The highest BCUT2D eigenvalue weighted by Gasteiger charge is 2.30. The number of amides is 2. The first kappa shape index (κ1) is 27.7. The number of ether oxygens (including phenoxy) is 1. The molecule has 10 heteroatoms. The molecule has 6 nitrogen and oxygen atoms in total. The van der Waals surface area contributed by atoms with Gasteiger partial charge in [0.2, 0.25) is 0 Å². The molecule has 3 aromatic rings. The summed E-state index contributed by atoms with van der Waals surface area (Å²) in [6, 6.07) is 17.2. The SMILES string of the molecule is CC(C)CCOc1ccc(C(=O)NC(=S)Nc2ccc(C(=O)Nc3cccc(C(F)(F)F)c3)cc2)cc1. The molecule has 37 heavy (non-hydrogen) atoms. The normalized spacial score (nSPS) is 11.1. The predicted molar refractivity (Wildman–Crippen MR) is 141 cm³/mol. The van der Waals surface area contributed by atoms with Crippen LogP contribution >= 0.6 is 12.2 Å². The third kappa shape index (κ3) is 8.60. The van der Waals surface area contributed by atoms with Gasteiger partial charge in [0.1, 0.15) is 5.75 Å². The Morgan fingerprint density at radius 3 is 2.11 bits per heavy atom. The van der Waals surface area contributed by atoms with Gasteiger partial charge in [0.05, 0.1) is 12.2 Å². The molecule has 0 aliphatic rings. The van der Waals surface area contributed by atoms with Crippen molar-refractivity contribution in [2.24, 2.45) is 5.92 Å². The van der Waals surface area contributed by atoms with Gasteiger partial charge in [-0.05, 0) is 91.3 Å². The first-order chi connectivity index (χ1) is 17.5. The van der Waals surface area contributed by atoms with Crippen LogP contribution in [-0.4, -0.2) is 23.5 Å². The summed E-state index contributed by atoms with van der Waals surface area (Å²) in [7, 11) is 0. The lowest BCUT2D eigenvalue weighted by molar-refractivity contribution is -0.137. The average molecular weight is 530 g/mol. The number of nitrogens with one attached hydrogen (secondary N) is 3. The Hall–Kier alpha value is -3.92. The number of rotatable bonds is 8. The summed E-state index contributed by atoms with van der Waals surface area (Å²) in [5.41, 5.74) is 0.317. The summed E-state index contributed by atoms with van der Waals surface area (Å²) >= 11 is 5.19. The number of carbonyl (C=O) groups is 2. The van der Waals surface area contributed by atoms with Gasteiger partial charge in [-0.15, -0.1) is 0 Å². The maximum absolute atomic E-state index is 12.9. The van der Waals surface area contributed by atoms with Crippen LogP contribution in [0.3, 0.4) is 0 Å². The summed E-state index contributed by atoms with van der Waals surface area (Å²) in [5.74, 6) is 0.244. The second-order valence-corrected chi connectivity index (χ2v) is 8.98. The van der Waals surface area contributed by atoms with Gasteiger partial charge in [0.25, 0.3) is 11.8 Å². The van der Waals surface area contributed by atoms with Crippen LogP contribution in [0.1, 0.15) is 46.5 Å². The lowest BCUT2D eigenvalue weighted by Gasteiger charge is -2.12. The van der Waals surface area contributed by atoms with Crippen LogP contribution in [0.2, 0.25) is 0 Å².